The molecule has 0 fully saturated rings. The summed E-state index contributed by atoms with van der Waals surface area (Å²) in [5.41, 5.74) is 2.50. The second kappa shape index (κ2) is 6.81. The highest BCUT2D eigenvalue weighted by atomic mass is 32.2. The van der Waals surface area contributed by atoms with Crippen LogP contribution in [0, 0.1) is 0 Å². The molecule has 0 aliphatic carbocycles. The standard InChI is InChI=1S/C19H20N2O3S2/c1-12(2)13-8-9-16-17(11-13)25-19(21(16)3)20-18(22)14-6-5-7-15(10-14)26(4,23)24/h5-12H,1-4H3. The summed E-state index contributed by atoms with van der Waals surface area (Å²) in [6.45, 7) is 4.27. The zero-order valence-corrected chi connectivity index (χ0v) is 16.7. The minimum Gasteiger partial charge on any atom is -0.319 e. The maximum atomic E-state index is 12.5. The van der Waals surface area contributed by atoms with Crippen molar-refractivity contribution < 1.29 is 13.2 Å². The molecule has 0 aliphatic heterocycles. The molecule has 0 bridgehead atoms. The Labute approximate surface area is 156 Å². The topological polar surface area (TPSA) is 68.5 Å². The van der Waals surface area contributed by atoms with Crippen LogP contribution in [-0.2, 0) is 16.9 Å². The molecule has 7 heteroatoms. The molecule has 0 unspecified atom stereocenters. The van der Waals surface area contributed by atoms with Gasteiger partial charge in [-0.1, -0.05) is 37.3 Å². The van der Waals surface area contributed by atoms with Gasteiger partial charge in [-0.05, 0) is 41.8 Å². The van der Waals surface area contributed by atoms with Gasteiger partial charge in [-0.3, -0.25) is 4.79 Å². The maximum Gasteiger partial charge on any atom is 0.279 e. The van der Waals surface area contributed by atoms with Gasteiger partial charge in [0.1, 0.15) is 0 Å². The normalized spacial score (nSPS) is 12.9. The number of carbonyl (C=O) groups is 1. The number of thiazole rings is 1. The van der Waals surface area contributed by atoms with E-state index < -0.39 is 15.7 Å². The van der Waals surface area contributed by atoms with Gasteiger partial charge in [0.2, 0.25) is 0 Å². The lowest BCUT2D eigenvalue weighted by atomic mass is 10.0. The summed E-state index contributed by atoms with van der Waals surface area (Å²) >= 11 is 1.45. The van der Waals surface area contributed by atoms with Crippen molar-refractivity contribution in [2.75, 3.05) is 6.26 Å². The summed E-state index contributed by atoms with van der Waals surface area (Å²) in [4.78, 5) is 17.4. The summed E-state index contributed by atoms with van der Waals surface area (Å²) in [6, 6.07) is 12.2. The van der Waals surface area contributed by atoms with E-state index in [0.717, 1.165) is 16.5 Å². The molecule has 26 heavy (non-hydrogen) atoms. The molecule has 0 atom stereocenters. The number of aryl methyl sites for hydroxylation is 1. The van der Waals surface area contributed by atoms with Crippen molar-refractivity contribution in [3.63, 3.8) is 0 Å². The van der Waals surface area contributed by atoms with Crippen molar-refractivity contribution in [1.29, 1.82) is 0 Å². The lowest BCUT2D eigenvalue weighted by Crippen LogP contribution is -2.13. The highest BCUT2D eigenvalue weighted by Gasteiger charge is 2.12. The van der Waals surface area contributed by atoms with Gasteiger partial charge >= 0.3 is 0 Å². The molecule has 0 aliphatic rings. The fourth-order valence-electron chi connectivity index (χ4n) is 2.63. The van der Waals surface area contributed by atoms with Crippen molar-refractivity contribution in [2.45, 2.75) is 24.7 Å². The molecule has 0 radical (unpaired) electrons. The summed E-state index contributed by atoms with van der Waals surface area (Å²) in [7, 11) is -1.50. The van der Waals surface area contributed by atoms with E-state index in [4.69, 9.17) is 0 Å². The van der Waals surface area contributed by atoms with Gasteiger partial charge in [-0.25, -0.2) is 8.42 Å². The third kappa shape index (κ3) is 3.64. The third-order valence-electron chi connectivity index (χ3n) is 4.21. The quantitative estimate of drug-likeness (QED) is 0.689. The smallest absolute Gasteiger partial charge is 0.279 e. The summed E-state index contributed by atoms with van der Waals surface area (Å²) < 4.78 is 26.3. The molecule has 0 saturated carbocycles. The molecule has 1 heterocycles. The predicted molar refractivity (Wildman–Crippen MR) is 104 cm³/mol. The van der Waals surface area contributed by atoms with Crippen LogP contribution in [0.15, 0.2) is 52.4 Å². The number of sulfone groups is 1. The van der Waals surface area contributed by atoms with Crippen LogP contribution in [0.5, 0.6) is 0 Å². The second-order valence-corrected chi connectivity index (χ2v) is 9.57. The van der Waals surface area contributed by atoms with E-state index in [1.54, 1.807) is 12.1 Å². The fourth-order valence-corrected chi connectivity index (χ4v) is 4.36. The van der Waals surface area contributed by atoms with Crippen LogP contribution in [0.1, 0.15) is 35.7 Å². The number of carbonyl (C=O) groups excluding carboxylic acids is 1. The number of nitrogens with zero attached hydrogens (tertiary/aromatic N) is 2. The number of fused-ring (bicyclic) bond motifs is 1. The van der Waals surface area contributed by atoms with Gasteiger partial charge in [0.05, 0.1) is 15.1 Å². The summed E-state index contributed by atoms with van der Waals surface area (Å²) in [6.07, 6.45) is 1.12. The number of hydrogen-bond acceptors (Lipinski definition) is 4. The van der Waals surface area contributed by atoms with Crippen LogP contribution >= 0.6 is 11.3 Å². The molecular weight excluding hydrogens is 368 g/mol. The lowest BCUT2D eigenvalue weighted by molar-refractivity contribution is 0.0997. The maximum absolute atomic E-state index is 12.5. The fraction of sp³-hybridized carbons (Fsp3) is 0.263. The van der Waals surface area contributed by atoms with Crippen molar-refractivity contribution in [1.82, 2.24) is 4.57 Å². The van der Waals surface area contributed by atoms with Gasteiger partial charge in [-0.15, -0.1) is 0 Å². The van der Waals surface area contributed by atoms with Gasteiger partial charge < -0.3 is 4.57 Å². The minimum absolute atomic E-state index is 0.112. The van der Waals surface area contributed by atoms with E-state index in [2.05, 4.69) is 31.0 Å². The number of aromatic nitrogens is 1. The van der Waals surface area contributed by atoms with E-state index in [-0.39, 0.29) is 10.5 Å². The van der Waals surface area contributed by atoms with Crippen LogP contribution < -0.4 is 4.80 Å². The summed E-state index contributed by atoms with van der Waals surface area (Å²) in [5.74, 6) is -0.0331. The van der Waals surface area contributed by atoms with Crippen LogP contribution in [-0.4, -0.2) is 25.1 Å². The van der Waals surface area contributed by atoms with E-state index in [1.807, 2.05) is 17.7 Å². The Morgan fingerprint density at radius 1 is 1.15 bits per heavy atom. The van der Waals surface area contributed by atoms with Crippen LogP contribution in [0.4, 0.5) is 0 Å². The number of amides is 1. The highest BCUT2D eigenvalue weighted by molar-refractivity contribution is 7.90. The molecule has 0 spiro atoms. The van der Waals surface area contributed by atoms with E-state index >= 15 is 0 Å². The van der Waals surface area contributed by atoms with Crippen molar-refractivity contribution in [2.24, 2.45) is 12.0 Å². The van der Waals surface area contributed by atoms with Gasteiger partial charge in [0, 0.05) is 18.9 Å². The minimum atomic E-state index is -3.37. The first kappa shape index (κ1) is 18.5. The molecule has 1 aromatic heterocycles. The molecule has 1 amide bonds. The van der Waals surface area contributed by atoms with Crippen LogP contribution in [0.25, 0.3) is 10.2 Å². The Kier molecular flexibility index (Phi) is 4.86. The first-order valence-electron chi connectivity index (χ1n) is 8.15. The van der Waals surface area contributed by atoms with Crippen molar-refractivity contribution >= 4 is 37.3 Å². The molecule has 2 aromatic carbocycles. The molecule has 3 rings (SSSR count). The molecule has 3 aromatic rings. The number of rotatable bonds is 3. The van der Waals surface area contributed by atoms with Crippen molar-refractivity contribution in [3.05, 3.63) is 58.4 Å². The summed E-state index contributed by atoms with van der Waals surface area (Å²) in [5, 5.41) is 0. The number of hydrogen-bond donors (Lipinski definition) is 0. The SMILES string of the molecule is CC(C)c1ccc2c(c1)sc(=NC(=O)c1cccc(S(C)(=O)=O)c1)n2C. The van der Waals surface area contributed by atoms with Gasteiger partial charge in [-0.2, -0.15) is 4.99 Å². The average Bonchev–Trinajstić information content (AvgIpc) is 2.89. The zero-order chi connectivity index (χ0) is 19.1. The predicted octanol–water partition coefficient (Wildman–Crippen LogP) is 3.51. The Bertz CT molecular complexity index is 1170. The van der Waals surface area contributed by atoms with Crippen LogP contribution in [0.2, 0.25) is 0 Å². The van der Waals surface area contributed by atoms with Crippen molar-refractivity contribution in [3.8, 4) is 0 Å². The third-order valence-corrected chi connectivity index (χ3v) is 6.41. The van der Waals surface area contributed by atoms with Crippen LogP contribution in [0.3, 0.4) is 0 Å². The Morgan fingerprint density at radius 3 is 2.54 bits per heavy atom. The van der Waals surface area contributed by atoms with E-state index in [1.165, 1.54) is 29.0 Å². The molecule has 5 nitrogen and oxygen atoms in total. The lowest BCUT2D eigenvalue weighted by Gasteiger charge is -2.04. The molecular formula is C19H20N2O3S2. The van der Waals surface area contributed by atoms with E-state index in [9.17, 15) is 13.2 Å². The first-order valence-corrected chi connectivity index (χ1v) is 10.9. The number of benzene rings is 2. The molecule has 0 saturated heterocycles. The van der Waals surface area contributed by atoms with Gasteiger partial charge in [0.25, 0.3) is 5.91 Å². The molecule has 0 N–H and O–H groups in total. The molecule has 136 valence electrons. The highest BCUT2D eigenvalue weighted by Crippen LogP contribution is 2.23. The average molecular weight is 389 g/mol. The van der Waals surface area contributed by atoms with Gasteiger partial charge in [0.15, 0.2) is 14.6 Å². The van der Waals surface area contributed by atoms with E-state index in [0.29, 0.717) is 10.7 Å². The largest absolute Gasteiger partial charge is 0.319 e. The Balaban J connectivity index is 2.07. The Hall–Kier alpha value is -2.25. The second-order valence-electron chi connectivity index (χ2n) is 6.54. The Morgan fingerprint density at radius 2 is 1.88 bits per heavy atom. The zero-order valence-electron chi connectivity index (χ0n) is 15.1. The first-order chi connectivity index (χ1) is 12.2. The monoisotopic (exact) mass is 388 g/mol.